The van der Waals surface area contributed by atoms with E-state index in [-0.39, 0.29) is 46.6 Å². The van der Waals surface area contributed by atoms with Gasteiger partial charge in [0, 0.05) is 49.0 Å². The molecule has 3 aliphatic rings. The number of rotatable bonds is 13. The smallest absolute Gasteiger partial charge is 0.411 e. The highest BCUT2D eigenvalue weighted by Gasteiger charge is 2.49. The molecule has 296 valence electrons. The molecule has 4 aromatic rings. The Labute approximate surface area is 335 Å². The summed E-state index contributed by atoms with van der Waals surface area (Å²) >= 11 is 12.8. The zero-order valence-corrected chi connectivity index (χ0v) is 33.4. The van der Waals surface area contributed by atoms with E-state index in [0.717, 1.165) is 66.5 Å². The minimum Gasteiger partial charge on any atom is -0.486 e. The summed E-state index contributed by atoms with van der Waals surface area (Å²) in [5.41, 5.74) is 3.55. The largest absolute Gasteiger partial charge is 0.486 e. The van der Waals surface area contributed by atoms with Gasteiger partial charge >= 0.3 is 6.09 Å². The van der Waals surface area contributed by atoms with Crippen LogP contribution in [-0.2, 0) is 33.8 Å². The van der Waals surface area contributed by atoms with Gasteiger partial charge in [0.2, 0.25) is 0 Å². The number of fused-ring (bicyclic) bond motifs is 2. The summed E-state index contributed by atoms with van der Waals surface area (Å²) in [6, 6.07) is 16.3. The molecule has 56 heavy (non-hydrogen) atoms. The highest BCUT2D eigenvalue weighted by Crippen LogP contribution is 2.46. The number of hydrogen-bond acceptors (Lipinski definition) is 7. The number of hydrogen-bond donors (Lipinski definition) is 0. The van der Waals surface area contributed by atoms with E-state index in [1.54, 1.807) is 24.1 Å². The summed E-state index contributed by atoms with van der Waals surface area (Å²) in [4.78, 5) is 32.5. The van der Waals surface area contributed by atoms with Crippen LogP contribution in [0.15, 0.2) is 70.8 Å². The zero-order chi connectivity index (χ0) is 39.7. The number of benzene rings is 3. The molecule has 1 aliphatic carbocycles. The van der Waals surface area contributed by atoms with E-state index in [1.165, 1.54) is 6.07 Å². The number of nitrogens with zero attached hydrogens (tertiary/aromatic N) is 3. The molecule has 7 rings (SSSR count). The van der Waals surface area contributed by atoms with Crippen LogP contribution in [0, 0.1) is 11.6 Å². The first-order chi connectivity index (χ1) is 26.8. The van der Waals surface area contributed by atoms with Crippen LogP contribution in [0.3, 0.4) is 0 Å². The minimum absolute atomic E-state index is 0.0329. The number of ether oxygens (including phenoxy) is 3. The highest BCUT2D eigenvalue weighted by molar-refractivity contribution is 6.33. The van der Waals surface area contributed by atoms with Crippen molar-refractivity contribution in [3.8, 4) is 17.0 Å². The fourth-order valence-corrected chi connectivity index (χ4v) is 8.06. The Kier molecular flexibility index (Phi) is 11.8. The van der Waals surface area contributed by atoms with Crippen LogP contribution in [0.25, 0.3) is 16.8 Å². The molecule has 3 heterocycles. The van der Waals surface area contributed by atoms with Gasteiger partial charge in [0.15, 0.2) is 5.76 Å². The summed E-state index contributed by atoms with van der Waals surface area (Å²) in [6.45, 7) is 6.51. The molecule has 13 heteroatoms. The quantitative estimate of drug-likeness (QED) is 0.0981. The lowest BCUT2D eigenvalue weighted by Crippen LogP contribution is -2.50. The SMILES string of the molecule is COCCCc1ccc(Cl)c(CN(C(=O)C2=C(c3ccc(OCc4cc(-c5c(F)ccc(F)c5Cl)no4)cc3)C[C@@H]3CCC2N3C(=O)OC(C)(C)C)C2CC2)c1. The van der Waals surface area contributed by atoms with Crippen LogP contribution in [0.2, 0.25) is 10.0 Å². The van der Waals surface area contributed by atoms with Crippen molar-refractivity contribution in [3.63, 3.8) is 0 Å². The van der Waals surface area contributed by atoms with Gasteiger partial charge in [0.25, 0.3) is 5.91 Å². The first-order valence-electron chi connectivity index (χ1n) is 19.0. The van der Waals surface area contributed by atoms with Gasteiger partial charge in [-0.25, -0.2) is 13.6 Å². The number of aryl methyl sites for hydroxylation is 1. The third kappa shape index (κ3) is 8.75. The summed E-state index contributed by atoms with van der Waals surface area (Å²) in [6.07, 6.45) is 4.97. The van der Waals surface area contributed by atoms with Gasteiger partial charge in [-0.3, -0.25) is 9.69 Å². The second kappa shape index (κ2) is 16.6. The molecule has 0 radical (unpaired) electrons. The molecule has 3 aromatic carbocycles. The molecule has 1 unspecified atom stereocenters. The summed E-state index contributed by atoms with van der Waals surface area (Å²) in [5.74, 6) is -0.790. The lowest BCUT2D eigenvalue weighted by molar-refractivity contribution is -0.129. The minimum atomic E-state index is -0.767. The Balaban J connectivity index is 1.16. The van der Waals surface area contributed by atoms with Crippen LogP contribution in [0.1, 0.15) is 81.7 Å². The molecular weight excluding hydrogens is 763 g/mol. The van der Waals surface area contributed by atoms with Crippen LogP contribution in [0.4, 0.5) is 13.6 Å². The van der Waals surface area contributed by atoms with E-state index in [4.69, 9.17) is 41.9 Å². The maximum Gasteiger partial charge on any atom is 0.411 e. The predicted molar refractivity (Wildman–Crippen MR) is 209 cm³/mol. The number of aromatic nitrogens is 1. The number of carbonyl (C=O) groups excluding carboxylic acids is 2. The average Bonchev–Trinajstić information content (AvgIpc) is 3.81. The van der Waals surface area contributed by atoms with Crippen molar-refractivity contribution in [1.82, 2.24) is 15.0 Å². The van der Waals surface area contributed by atoms with Gasteiger partial charge in [-0.05, 0) is 118 Å². The molecule has 2 bridgehead atoms. The monoisotopic (exact) mass is 807 g/mol. The van der Waals surface area contributed by atoms with Crippen molar-refractivity contribution in [2.75, 3.05) is 13.7 Å². The van der Waals surface area contributed by atoms with Gasteiger partial charge in [-0.2, -0.15) is 0 Å². The Bertz CT molecular complexity index is 2130. The molecule has 1 aromatic heterocycles. The van der Waals surface area contributed by atoms with E-state index in [0.29, 0.717) is 42.3 Å². The molecule has 0 spiro atoms. The fraction of sp³-hybridized carbons (Fsp3) is 0.419. The topological polar surface area (TPSA) is 94.3 Å². The number of carbonyl (C=O) groups is 2. The van der Waals surface area contributed by atoms with Gasteiger partial charge in [-0.1, -0.05) is 52.6 Å². The van der Waals surface area contributed by atoms with Crippen LogP contribution in [0.5, 0.6) is 5.75 Å². The zero-order valence-electron chi connectivity index (χ0n) is 31.9. The Hall–Kier alpha value is -4.45. The van der Waals surface area contributed by atoms with Gasteiger partial charge in [-0.15, -0.1) is 0 Å². The summed E-state index contributed by atoms with van der Waals surface area (Å²) in [5, 5.41) is 4.09. The summed E-state index contributed by atoms with van der Waals surface area (Å²) in [7, 11) is 1.69. The Morgan fingerprint density at radius 1 is 0.982 bits per heavy atom. The predicted octanol–water partition coefficient (Wildman–Crippen LogP) is 10.2. The molecule has 2 amide bonds. The lowest BCUT2D eigenvalue weighted by Gasteiger charge is -2.39. The van der Waals surface area contributed by atoms with E-state index in [1.807, 2.05) is 49.9 Å². The molecule has 2 aliphatic heterocycles. The van der Waals surface area contributed by atoms with Gasteiger partial charge in [0.1, 0.15) is 35.3 Å². The highest BCUT2D eigenvalue weighted by atomic mass is 35.5. The first-order valence-corrected chi connectivity index (χ1v) is 19.7. The maximum atomic E-state index is 15.0. The lowest BCUT2D eigenvalue weighted by atomic mass is 9.87. The summed E-state index contributed by atoms with van der Waals surface area (Å²) < 4.78 is 50.9. The van der Waals surface area contributed by atoms with Crippen molar-refractivity contribution < 1.29 is 37.1 Å². The molecule has 9 nitrogen and oxygen atoms in total. The van der Waals surface area contributed by atoms with Crippen molar-refractivity contribution in [2.24, 2.45) is 0 Å². The van der Waals surface area contributed by atoms with E-state index in [2.05, 4.69) is 11.2 Å². The molecular formula is C43H45Cl2F2N3O6. The van der Waals surface area contributed by atoms with Crippen molar-refractivity contribution in [3.05, 3.63) is 110 Å². The maximum absolute atomic E-state index is 15.0. The van der Waals surface area contributed by atoms with E-state index >= 15 is 4.79 Å². The molecule has 1 saturated heterocycles. The van der Waals surface area contributed by atoms with E-state index in [9.17, 15) is 13.6 Å². The number of amides is 2. The van der Waals surface area contributed by atoms with Crippen LogP contribution < -0.4 is 4.74 Å². The third-order valence-electron chi connectivity index (χ3n) is 10.4. The van der Waals surface area contributed by atoms with Crippen molar-refractivity contribution in [2.45, 2.75) is 103 Å². The van der Waals surface area contributed by atoms with Crippen LogP contribution >= 0.6 is 23.2 Å². The average molecular weight is 809 g/mol. The molecule has 2 fully saturated rings. The molecule has 2 atom stereocenters. The van der Waals surface area contributed by atoms with Crippen LogP contribution in [-0.4, -0.2) is 64.4 Å². The normalized spacial score (nSPS) is 18.0. The Morgan fingerprint density at radius 3 is 2.45 bits per heavy atom. The second-order valence-electron chi connectivity index (χ2n) is 15.6. The second-order valence-corrected chi connectivity index (χ2v) is 16.4. The van der Waals surface area contributed by atoms with Gasteiger partial charge < -0.3 is 23.6 Å². The molecule has 0 N–H and O–H groups in total. The fourth-order valence-electron chi connectivity index (χ4n) is 7.63. The van der Waals surface area contributed by atoms with Crippen molar-refractivity contribution in [1.29, 1.82) is 0 Å². The first kappa shape index (κ1) is 39.8. The van der Waals surface area contributed by atoms with E-state index < -0.39 is 29.4 Å². The number of halogens is 4. The van der Waals surface area contributed by atoms with Gasteiger partial charge in [0.05, 0.1) is 16.6 Å². The molecule has 1 saturated carbocycles. The Morgan fingerprint density at radius 2 is 1.73 bits per heavy atom. The third-order valence-corrected chi connectivity index (χ3v) is 11.1. The van der Waals surface area contributed by atoms with Crippen molar-refractivity contribution >= 4 is 40.8 Å². The number of methoxy groups -OCH3 is 1. The standard InChI is InChI=1S/C43H45Cl2F2N3O6/c1-43(2,3)55-42(52)50-29-12-18-37(50)38(41(51)49(28-10-11-28)23-27-20-25(6-5-19-53-4)7-15-33(27)44)32(21-29)26-8-13-30(14-9-26)54-24-31-22-36(48-56-31)39-34(46)16-17-35(47)40(39)45/h7-9,13-17,20,22,28-29,37H,5-6,10-12,18-19,21,23-24H2,1-4H3/t29-,37?/m0/s1.